The van der Waals surface area contributed by atoms with E-state index in [0.717, 1.165) is 56.4 Å². The highest BCUT2D eigenvalue weighted by Gasteiger charge is 2.41. The summed E-state index contributed by atoms with van der Waals surface area (Å²) >= 11 is 0. The maximum atomic E-state index is 13.4. The van der Waals surface area contributed by atoms with Gasteiger partial charge in [-0.2, -0.15) is 0 Å². The summed E-state index contributed by atoms with van der Waals surface area (Å²) in [5, 5.41) is 0. The third-order valence-corrected chi connectivity index (χ3v) is 10.2. The fourth-order valence-corrected chi connectivity index (χ4v) is 7.10. The van der Waals surface area contributed by atoms with E-state index in [9.17, 15) is 18.0 Å². The maximum Gasteiger partial charge on any atom is 0.229 e. The highest BCUT2D eigenvalue weighted by atomic mass is 32.2. The summed E-state index contributed by atoms with van der Waals surface area (Å²) in [6.45, 7) is 13.5. The Kier molecular flexibility index (Phi) is 10.7. The van der Waals surface area contributed by atoms with Gasteiger partial charge in [-0.1, -0.05) is 69.3 Å². The molecule has 234 valence electrons. The number of amides is 1. The summed E-state index contributed by atoms with van der Waals surface area (Å²) in [5.74, 6) is 0.519. The number of nitrogens with zero attached hydrogens (tertiary/aromatic N) is 2. The van der Waals surface area contributed by atoms with Crippen LogP contribution in [0.1, 0.15) is 64.0 Å². The zero-order valence-electron chi connectivity index (χ0n) is 26.3. The van der Waals surface area contributed by atoms with Crippen molar-refractivity contribution in [2.24, 2.45) is 17.3 Å². The standard InChI is InChI=1S/C35H48N2O5S/c1-6-10-31(32(38)25-27-13-15-30(16-14-27)43(5,40)41)28-17-21-36(22-18-28)23-19-35(29-11-8-7-9-12-29)20-24-37(26-42-35)33(39)34(2,3)4/h6-9,11-16,28,31H,1,10,17-26H2,2-5H3. The van der Waals surface area contributed by atoms with Crippen LogP contribution < -0.4 is 0 Å². The number of ether oxygens (including phenoxy) is 1. The van der Waals surface area contributed by atoms with Gasteiger partial charge in [-0.05, 0) is 74.4 Å². The SMILES string of the molecule is C=CCC(C(=O)Cc1ccc(S(C)(=O)=O)cc1)C1CCN(CCC2(c3ccccc3)CCN(C(=O)C(C)(C)C)CO2)CC1. The summed E-state index contributed by atoms with van der Waals surface area (Å²) < 4.78 is 30.1. The Morgan fingerprint density at radius 1 is 1.05 bits per heavy atom. The lowest BCUT2D eigenvalue weighted by Gasteiger charge is -2.45. The van der Waals surface area contributed by atoms with Crippen LogP contribution in [0, 0.1) is 17.3 Å². The number of benzene rings is 2. The molecule has 2 aliphatic rings. The van der Waals surface area contributed by atoms with Gasteiger partial charge in [0, 0.05) is 37.1 Å². The molecular weight excluding hydrogens is 560 g/mol. The molecule has 2 heterocycles. The van der Waals surface area contributed by atoms with Gasteiger partial charge in [-0.25, -0.2) is 8.42 Å². The fourth-order valence-electron chi connectivity index (χ4n) is 6.47. The van der Waals surface area contributed by atoms with E-state index in [4.69, 9.17) is 4.74 Å². The number of hydrogen-bond donors (Lipinski definition) is 0. The first kappa shape index (κ1) is 33.1. The highest BCUT2D eigenvalue weighted by Crippen LogP contribution is 2.38. The molecule has 0 spiro atoms. The van der Waals surface area contributed by atoms with E-state index in [1.54, 1.807) is 24.3 Å². The average Bonchev–Trinajstić information content (AvgIpc) is 2.99. The third-order valence-electron chi connectivity index (χ3n) is 9.11. The predicted molar refractivity (Wildman–Crippen MR) is 170 cm³/mol. The first-order chi connectivity index (χ1) is 20.3. The molecule has 0 aromatic heterocycles. The molecule has 0 N–H and O–H groups in total. The van der Waals surface area contributed by atoms with Crippen molar-refractivity contribution in [3.05, 3.63) is 78.4 Å². The van der Waals surface area contributed by atoms with E-state index in [1.807, 2.05) is 37.8 Å². The van der Waals surface area contributed by atoms with Gasteiger partial charge in [-0.15, -0.1) is 6.58 Å². The van der Waals surface area contributed by atoms with Crippen molar-refractivity contribution < 1.29 is 22.7 Å². The van der Waals surface area contributed by atoms with Crippen molar-refractivity contribution >= 4 is 21.5 Å². The summed E-state index contributed by atoms with van der Waals surface area (Å²) in [6.07, 6.45) is 7.49. The predicted octanol–water partition coefficient (Wildman–Crippen LogP) is 5.64. The van der Waals surface area contributed by atoms with Gasteiger partial charge >= 0.3 is 0 Å². The largest absolute Gasteiger partial charge is 0.350 e. The zero-order valence-corrected chi connectivity index (χ0v) is 27.1. The molecule has 0 bridgehead atoms. The van der Waals surface area contributed by atoms with Crippen molar-refractivity contribution in [2.75, 3.05) is 39.2 Å². The Morgan fingerprint density at radius 2 is 1.70 bits per heavy atom. The molecule has 0 aliphatic carbocycles. The van der Waals surface area contributed by atoms with Gasteiger partial charge < -0.3 is 14.5 Å². The molecule has 1 amide bonds. The van der Waals surface area contributed by atoms with Crippen molar-refractivity contribution in [1.82, 2.24) is 9.80 Å². The number of carbonyl (C=O) groups is 2. The normalized spacial score (nSPS) is 21.3. The topological polar surface area (TPSA) is 84.0 Å². The summed E-state index contributed by atoms with van der Waals surface area (Å²) in [6, 6.07) is 17.0. The molecule has 0 saturated carbocycles. The smallest absolute Gasteiger partial charge is 0.229 e. The van der Waals surface area contributed by atoms with Crippen LogP contribution in [0.2, 0.25) is 0 Å². The molecule has 4 rings (SSSR count). The van der Waals surface area contributed by atoms with Crippen LogP contribution in [0.25, 0.3) is 0 Å². The van der Waals surface area contributed by atoms with Crippen LogP contribution in [-0.4, -0.2) is 69.1 Å². The van der Waals surface area contributed by atoms with Crippen LogP contribution in [-0.2, 0) is 36.2 Å². The van der Waals surface area contributed by atoms with Crippen molar-refractivity contribution in [1.29, 1.82) is 0 Å². The number of Topliss-reactive ketones (excluding diaryl/α,β-unsaturated/α-hetero) is 1. The van der Waals surface area contributed by atoms with E-state index in [0.29, 0.717) is 32.0 Å². The van der Waals surface area contributed by atoms with Crippen molar-refractivity contribution in [2.45, 2.75) is 69.8 Å². The van der Waals surface area contributed by atoms with E-state index in [2.05, 4.69) is 35.7 Å². The van der Waals surface area contributed by atoms with Gasteiger partial charge in [0.1, 0.15) is 12.5 Å². The minimum atomic E-state index is -3.27. The molecule has 2 saturated heterocycles. The Bertz CT molecular complexity index is 1350. The minimum absolute atomic E-state index is 0.0853. The Hall–Kier alpha value is -2.81. The van der Waals surface area contributed by atoms with Crippen LogP contribution in [0.15, 0.2) is 72.1 Å². The molecule has 2 fully saturated rings. The van der Waals surface area contributed by atoms with Crippen LogP contribution >= 0.6 is 0 Å². The summed E-state index contributed by atoms with van der Waals surface area (Å²) in [7, 11) is -3.27. The quantitative estimate of drug-likeness (QED) is 0.307. The number of rotatable bonds is 11. The Balaban J connectivity index is 1.35. The number of carbonyl (C=O) groups excluding carboxylic acids is 2. The number of sulfone groups is 1. The molecule has 7 nitrogen and oxygen atoms in total. The number of allylic oxidation sites excluding steroid dienone is 1. The molecule has 2 aromatic rings. The molecule has 0 radical (unpaired) electrons. The van der Waals surface area contributed by atoms with E-state index < -0.39 is 20.9 Å². The van der Waals surface area contributed by atoms with Crippen LogP contribution in [0.4, 0.5) is 0 Å². The highest BCUT2D eigenvalue weighted by molar-refractivity contribution is 7.90. The third kappa shape index (κ3) is 8.43. The molecular formula is C35H48N2O5S. The summed E-state index contributed by atoms with van der Waals surface area (Å²) in [5.41, 5.74) is 1.13. The molecule has 2 unspecified atom stereocenters. The molecule has 2 aromatic carbocycles. The van der Waals surface area contributed by atoms with Crippen molar-refractivity contribution in [3.63, 3.8) is 0 Å². The van der Waals surface area contributed by atoms with Gasteiger partial charge in [0.15, 0.2) is 9.84 Å². The van der Waals surface area contributed by atoms with Crippen molar-refractivity contribution in [3.8, 4) is 0 Å². The average molecular weight is 609 g/mol. The first-order valence-corrected chi connectivity index (χ1v) is 17.4. The van der Waals surface area contributed by atoms with Crippen LogP contribution in [0.5, 0.6) is 0 Å². The maximum absolute atomic E-state index is 13.4. The Labute approximate surface area is 258 Å². The lowest BCUT2D eigenvalue weighted by atomic mass is 9.78. The Morgan fingerprint density at radius 3 is 2.23 bits per heavy atom. The van der Waals surface area contributed by atoms with E-state index in [-0.39, 0.29) is 22.5 Å². The van der Waals surface area contributed by atoms with Gasteiger partial charge in [-0.3, -0.25) is 9.59 Å². The number of piperidine rings is 1. The summed E-state index contributed by atoms with van der Waals surface area (Å²) in [4.78, 5) is 30.9. The van der Waals surface area contributed by atoms with Gasteiger partial charge in [0.05, 0.1) is 10.5 Å². The zero-order chi connectivity index (χ0) is 31.3. The number of ketones is 1. The lowest BCUT2D eigenvalue weighted by molar-refractivity contribution is -0.175. The van der Waals surface area contributed by atoms with Crippen LogP contribution in [0.3, 0.4) is 0 Å². The monoisotopic (exact) mass is 608 g/mol. The van der Waals surface area contributed by atoms with Gasteiger partial charge in [0.2, 0.25) is 5.91 Å². The van der Waals surface area contributed by atoms with Gasteiger partial charge in [0.25, 0.3) is 0 Å². The molecule has 2 atom stereocenters. The lowest BCUT2D eigenvalue weighted by Crippen LogP contribution is -2.51. The second-order valence-corrected chi connectivity index (χ2v) is 15.3. The van der Waals surface area contributed by atoms with E-state index >= 15 is 0 Å². The fraction of sp³-hybridized carbons (Fsp3) is 0.543. The molecule has 2 aliphatic heterocycles. The number of hydrogen-bond acceptors (Lipinski definition) is 6. The molecule has 43 heavy (non-hydrogen) atoms. The first-order valence-electron chi connectivity index (χ1n) is 15.5. The van der Waals surface area contributed by atoms with E-state index in [1.165, 1.54) is 6.26 Å². The minimum Gasteiger partial charge on any atom is -0.350 e. The molecule has 8 heteroatoms. The number of likely N-dealkylation sites (tertiary alicyclic amines) is 1. The second kappa shape index (κ2) is 13.9. The second-order valence-electron chi connectivity index (χ2n) is 13.3.